The monoisotopic (exact) mass is 316 g/mol. The van der Waals surface area contributed by atoms with Gasteiger partial charge in [-0.2, -0.15) is 18.2 Å². The highest BCUT2D eigenvalue weighted by atomic mass is 35.5. The Balaban J connectivity index is 2.29. The number of nitrogens with zero attached hydrogens (tertiary/aromatic N) is 3. The molecule has 0 aliphatic heterocycles. The smallest absolute Gasteiger partial charge is 0.368 e. The second-order valence-electron chi connectivity index (χ2n) is 4.41. The molecule has 0 fully saturated rings. The van der Waals surface area contributed by atoms with Crippen LogP contribution in [0, 0.1) is 0 Å². The first kappa shape index (κ1) is 15.4. The molecule has 1 aromatic heterocycles. The summed E-state index contributed by atoms with van der Waals surface area (Å²) in [7, 11) is 1.60. The Morgan fingerprint density at radius 2 is 1.90 bits per heavy atom. The van der Waals surface area contributed by atoms with Crippen LogP contribution in [-0.4, -0.2) is 17.0 Å². The zero-order valence-electron chi connectivity index (χ0n) is 11.0. The molecule has 0 atom stereocenters. The van der Waals surface area contributed by atoms with Crippen molar-refractivity contribution in [3.63, 3.8) is 0 Å². The van der Waals surface area contributed by atoms with Gasteiger partial charge in [-0.1, -0.05) is 29.8 Å². The molecule has 8 heteroatoms. The fraction of sp³-hybridized carbons (Fsp3) is 0.231. The number of nitrogens with two attached hydrogens (primary N) is 1. The minimum absolute atomic E-state index is 0.0785. The summed E-state index contributed by atoms with van der Waals surface area (Å²) < 4.78 is 38.2. The average molecular weight is 317 g/mol. The minimum Gasteiger partial charge on any atom is -0.368 e. The zero-order chi connectivity index (χ0) is 15.6. The molecule has 4 nitrogen and oxygen atoms in total. The van der Waals surface area contributed by atoms with E-state index < -0.39 is 17.8 Å². The Labute approximate surface area is 124 Å². The molecule has 1 heterocycles. The van der Waals surface area contributed by atoms with Crippen molar-refractivity contribution in [2.45, 2.75) is 12.7 Å². The van der Waals surface area contributed by atoms with E-state index in [-0.39, 0.29) is 5.82 Å². The zero-order valence-corrected chi connectivity index (χ0v) is 11.8. The van der Waals surface area contributed by atoms with E-state index in [1.54, 1.807) is 31.3 Å². The van der Waals surface area contributed by atoms with Crippen LogP contribution in [0.15, 0.2) is 30.3 Å². The van der Waals surface area contributed by atoms with Crippen molar-refractivity contribution >= 4 is 23.4 Å². The van der Waals surface area contributed by atoms with Crippen molar-refractivity contribution in [3.8, 4) is 0 Å². The molecule has 0 aliphatic carbocycles. The number of alkyl halides is 3. The van der Waals surface area contributed by atoms with Crippen LogP contribution in [0.25, 0.3) is 0 Å². The lowest BCUT2D eigenvalue weighted by Gasteiger charge is -2.20. The average Bonchev–Trinajstić information content (AvgIpc) is 2.39. The number of nitrogen functional groups attached to an aromatic ring is 1. The van der Waals surface area contributed by atoms with Gasteiger partial charge in [-0.25, -0.2) is 4.98 Å². The van der Waals surface area contributed by atoms with Crippen LogP contribution in [0.1, 0.15) is 11.3 Å². The van der Waals surface area contributed by atoms with Gasteiger partial charge in [-0.3, -0.25) is 0 Å². The van der Waals surface area contributed by atoms with E-state index in [4.69, 9.17) is 17.3 Å². The molecule has 0 spiro atoms. The van der Waals surface area contributed by atoms with Gasteiger partial charge < -0.3 is 10.6 Å². The number of halogens is 4. The highest BCUT2D eigenvalue weighted by molar-refractivity contribution is 6.31. The molecule has 0 aliphatic rings. The number of hydrogen-bond donors (Lipinski definition) is 1. The van der Waals surface area contributed by atoms with E-state index in [1.165, 1.54) is 4.90 Å². The maximum atomic E-state index is 12.7. The topological polar surface area (TPSA) is 55.0 Å². The summed E-state index contributed by atoms with van der Waals surface area (Å²) in [5.74, 6) is -0.347. The Morgan fingerprint density at radius 3 is 2.52 bits per heavy atom. The number of benzene rings is 1. The van der Waals surface area contributed by atoms with E-state index >= 15 is 0 Å². The second kappa shape index (κ2) is 5.77. The van der Waals surface area contributed by atoms with E-state index in [0.717, 1.165) is 11.6 Å². The molecule has 2 aromatic rings. The number of anilines is 2. The van der Waals surface area contributed by atoms with Crippen LogP contribution in [0.2, 0.25) is 5.02 Å². The van der Waals surface area contributed by atoms with Gasteiger partial charge in [-0.05, 0) is 11.6 Å². The van der Waals surface area contributed by atoms with Crippen molar-refractivity contribution < 1.29 is 13.2 Å². The third kappa shape index (κ3) is 3.75. The number of rotatable bonds is 3. The van der Waals surface area contributed by atoms with Gasteiger partial charge in [0.1, 0.15) is 5.82 Å². The molecule has 0 saturated heterocycles. The van der Waals surface area contributed by atoms with E-state index in [0.29, 0.717) is 11.6 Å². The number of aromatic nitrogens is 2. The predicted octanol–water partition coefficient (Wildman–Crippen LogP) is 3.37. The second-order valence-corrected chi connectivity index (χ2v) is 4.82. The molecule has 0 amide bonds. The van der Waals surface area contributed by atoms with Crippen LogP contribution in [0.4, 0.5) is 24.9 Å². The summed E-state index contributed by atoms with van der Waals surface area (Å²) in [4.78, 5) is 8.55. The fourth-order valence-corrected chi connectivity index (χ4v) is 1.95. The highest BCUT2D eigenvalue weighted by Crippen LogP contribution is 2.30. The van der Waals surface area contributed by atoms with Gasteiger partial charge in [0.15, 0.2) is 5.69 Å². The van der Waals surface area contributed by atoms with Crippen molar-refractivity contribution in [2.24, 2.45) is 0 Å². The SMILES string of the molecule is CN(Cc1ccccc1Cl)c1cc(C(F)(F)F)nc(N)n1. The molecule has 0 saturated carbocycles. The lowest BCUT2D eigenvalue weighted by molar-refractivity contribution is -0.141. The molecule has 2 N–H and O–H groups in total. The van der Waals surface area contributed by atoms with Gasteiger partial charge in [0, 0.05) is 24.7 Å². The molecule has 1 aromatic carbocycles. The maximum Gasteiger partial charge on any atom is 0.433 e. The molecule has 21 heavy (non-hydrogen) atoms. The molecule has 0 unspecified atom stereocenters. The Morgan fingerprint density at radius 1 is 1.24 bits per heavy atom. The normalized spacial score (nSPS) is 11.5. The minimum atomic E-state index is -4.57. The van der Waals surface area contributed by atoms with Crippen LogP contribution in [0.3, 0.4) is 0 Å². The Hall–Kier alpha value is -2.02. The van der Waals surface area contributed by atoms with Crippen molar-refractivity contribution in [3.05, 3.63) is 46.6 Å². The van der Waals surface area contributed by atoms with Crippen LogP contribution >= 0.6 is 11.6 Å². The van der Waals surface area contributed by atoms with Crippen LogP contribution < -0.4 is 10.6 Å². The van der Waals surface area contributed by atoms with Gasteiger partial charge >= 0.3 is 6.18 Å². The van der Waals surface area contributed by atoms with Crippen LogP contribution in [0.5, 0.6) is 0 Å². The molecule has 2 rings (SSSR count). The lowest BCUT2D eigenvalue weighted by atomic mass is 10.2. The first-order valence-corrected chi connectivity index (χ1v) is 6.31. The maximum absolute atomic E-state index is 12.7. The molecule has 0 radical (unpaired) electrons. The van der Waals surface area contributed by atoms with Gasteiger partial charge in [0.2, 0.25) is 5.95 Å². The Bertz CT molecular complexity index is 646. The third-order valence-electron chi connectivity index (χ3n) is 2.78. The summed E-state index contributed by atoms with van der Waals surface area (Å²) in [6.45, 7) is 0.299. The summed E-state index contributed by atoms with van der Waals surface area (Å²) in [6, 6.07) is 7.92. The third-order valence-corrected chi connectivity index (χ3v) is 3.15. The summed E-state index contributed by atoms with van der Waals surface area (Å²) in [6.07, 6.45) is -4.57. The van der Waals surface area contributed by atoms with E-state index in [1.807, 2.05) is 0 Å². The highest BCUT2D eigenvalue weighted by Gasteiger charge is 2.33. The summed E-state index contributed by atoms with van der Waals surface area (Å²) in [5, 5.41) is 0.530. The van der Waals surface area contributed by atoms with Crippen molar-refractivity contribution in [1.29, 1.82) is 0 Å². The number of hydrogen-bond acceptors (Lipinski definition) is 4. The molecular formula is C13H12ClF3N4. The van der Waals surface area contributed by atoms with Crippen molar-refractivity contribution in [1.82, 2.24) is 9.97 Å². The van der Waals surface area contributed by atoms with E-state index in [9.17, 15) is 13.2 Å². The lowest BCUT2D eigenvalue weighted by Crippen LogP contribution is -2.20. The fourth-order valence-electron chi connectivity index (χ4n) is 1.76. The summed E-state index contributed by atoms with van der Waals surface area (Å²) in [5.41, 5.74) is 5.04. The molecular weight excluding hydrogens is 305 g/mol. The standard InChI is InChI=1S/C13H12ClF3N4/c1-21(7-8-4-2-3-5-9(8)14)11-6-10(13(15,16)17)19-12(18)20-11/h2-6H,7H2,1H3,(H2,18,19,20). The first-order chi connectivity index (χ1) is 9.77. The van der Waals surface area contributed by atoms with Gasteiger partial charge in [0.05, 0.1) is 0 Å². The predicted molar refractivity (Wildman–Crippen MR) is 75.0 cm³/mol. The van der Waals surface area contributed by atoms with E-state index in [2.05, 4.69) is 9.97 Å². The van der Waals surface area contributed by atoms with Gasteiger partial charge in [0.25, 0.3) is 0 Å². The largest absolute Gasteiger partial charge is 0.433 e. The quantitative estimate of drug-likeness (QED) is 0.943. The van der Waals surface area contributed by atoms with Crippen LogP contribution in [-0.2, 0) is 12.7 Å². The van der Waals surface area contributed by atoms with Gasteiger partial charge in [-0.15, -0.1) is 0 Å². The Kier molecular flexibility index (Phi) is 4.22. The van der Waals surface area contributed by atoms with Crippen molar-refractivity contribution in [2.75, 3.05) is 17.7 Å². The summed E-state index contributed by atoms with van der Waals surface area (Å²) >= 11 is 6.03. The first-order valence-electron chi connectivity index (χ1n) is 5.93. The molecule has 0 bridgehead atoms. The molecule has 112 valence electrons.